The lowest BCUT2D eigenvalue weighted by atomic mass is 10.2. The smallest absolute Gasteiger partial charge is 0.348 e. The number of nitrogens with zero attached hydrogens (tertiary/aromatic N) is 3. The molecule has 0 saturated heterocycles. The molecule has 0 atom stereocenters. The second kappa shape index (κ2) is 5.90. The number of carbonyl (C=O) groups is 1. The first-order valence-corrected chi connectivity index (χ1v) is 6.67. The van der Waals surface area contributed by atoms with Crippen LogP contribution in [0.15, 0.2) is 24.5 Å². The lowest BCUT2D eigenvalue weighted by Gasteiger charge is -2.06. The Morgan fingerprint density at radius 2 is 2.26 bits per heavy atom. The van der Waals surface area contributed by atoms with Crippen molar-refractivity contribution < 1.29 is 9.90 Å². The van der Waals surface area contributed by atoms with E-state index in [1.807, 2.05) is 25.1 Å². The number of rotatable bonds is 5. The largest absolute Gasteiger partial charge is 0.477 e. The van der Waals surface area contributed by atoms with Crippen LogP contribution in [0.3, 0.4) is 0 Å². The zero-order chi connectivity index (χ0) is 13.8. The third kappa shape index (κ3) is 3.36. The van der Waals surface area contributed by atoms with E-state index in [4.69, 9.17) is 0 Å². The van der Waals surface area contributed by atoms with Crippen LogP contribution in [0.2, 0.25) is 0 Å². The first kappa shape index (κ1) is 13.6. The Bertz CT molecular complexity index is 567. The monoisotopic (exact) mass is 277 g/mol. The third-order valence-electron chi connectivity index (χ3n) is 2.57. The van der Waals surface area contributed by atoms with Crippen molar-refractivity contribution in [3.63, 3.8) is 0 Å². The van der Waals surface area contributed by atoms with Gasteiger partial charge in [-0.3, -0.25) is 4.98 Å². The Kier molecular flexibility index (Phi) is 4.24. The number of aromatic nitrogens is 2. The minimum Gasteiger partial charge on any atom is -0.477 e. The van der Waals surface area contributed by atoms with Crippen LogP contribution in [0.25, 0.3) is 11.3 Å². The highest BCUT2D eigenvalue weighted by atomic mass is 32.1. The molecule has 19 heavy (non-hydrogen) atoms. The van der Waals surface area contributed by atoms with Gasteiger partial charge in [-0.1, -0.05) is 0 Å². The van der Waals surface area contributed by atoms with Gasteiger partial charge in [0.05, 0.1) is 10.7 Å². The average molecular weight is 277 g/mol. The van der Waals surface area contributed by atoms with Gasteiger partial charge in [-0.25, -0.2) is 9.78 Å². The first-order chi connectivity index (χ1) is 9.08. The number of hydrogen-bond acceptors (Lipinski definition) is 5. The maximum absolute atomic E-state index is 11.3. The predicted molar refractivity (Wildman–Crippen MR) is 74.6 cm³/mol. The van der Waals surface area contributed by atoms with Crippen LogP contribution in [0, 0.1) is 0 Å². The molecule has 2 rings (SSSR count). The first-order valence-electron chi connectivity index (χ1n) is 5.86. The second-order valence-corrected chi connectivity index (χ2v) is 5.47. The fourth-order valence-electron chi connectivity index (χ4n) is 1.63. The number of hydrogen-bond donors (Lipinski definition) is 1. The maximum atomic E-state index is 11.3. The lowest BCUT2D eigenvalue weighted by Crippen LogP contribution is -2.14. The molecule has 2 heterocycles. The molecule has 0 aromatic carbocycles. The van der Waals surface area contributed by atoms with Crippen molar-refractivity contribution in [1.29, 1.82) is 0 Å². The normalized spacial score (nSPS) is 10.9. The molecule has 0 amide bonds. The molecule has 0 spiro atoms. The number of likely N-dealkylation sites (N-methyl/N-ethyl adjacent to an activating group) is 1. The van der Waals surface area contributed by atoms with Crippen LogP contribution in [0.5, 0.6) is 0 Å². The predicted octanol–water partition coefficient (Wildman–Crippen LogP) is 2.01. The minimum absolute atomic E-state index is 0.279. The molecule has 2 aromatic rings. The number of pyridine rings is 1. The van der Waals surface area contributed by atoms with Crippen LogP contribution in [-0.2, 0) is 6.42 Å². The zero-order valence-electron chi connectivity index (χ0n) is 10.8. The van der Waals surface area contributed by atoms with Gasteiger partial charge in [0.1, 0.15) is 4.88 Å². The topological polar surface area (TPSA) is 66.3 Å². The summed E-state index contributed by atoms with van der Waals surface area (Å²) in [5.41, 5.74) is 1.26. The molecular formula is C13H15N3O2S. The van der Waals surface area contributed by atoms with Crippen LogP contribution < -0.4 is 0 Å². The van der Waals surface area contributed by atoms with Crippen molar-refractivity contribution in [2.75, 3.05) is 20.6 Å². The van der Waals surface area contributed by atoms with Gasteiger partial charge in [0.15, 0.2) is 0 Å². The summed E-state index contributed by atoms with van der Waals surface area (Å²) in [5, 5.41) is 10.1. The van der Waals surface area contributed by atoms with E-state index in [1.165, 1.54) is 11.3 Å². The van der Waals surface area contributed by atoms with Gasteiger partial charge in [-0.15, -0.1) is 11.3 Å². The van der Waals surface area contributed by atoms with Crippen molar-refractivity contribution in [1.82, 2.24) is 14.9 Å². The highest BCUT2D eigenvalue weighted by molar-refractivity contribution is 7.14. The van der Waals surface area contributed by atoms with Crippen molar-refractivity contribution in [2.45, 2.75) is 6.42 Å². The molecular weight excluding hydrogens is 262 g/mol. The lowest BCUT2D eigenvalue weighted by molar-refractivity contribution is 0.0702. The van der Waals surface area contributed by atoms with E-state index in [1.54, 1.807) is 18.5 Å². The number of thiazole rings is 1. The molecule has 100 valence electrons. The van der Waals surface area contributed by atoms with Crippen molar-refractivity contribution in [3.8, 4) is 11.3 Å². The third-order valence-corrected chi connectivity index (χ3v) is 3.68. The average Bonchev–Trinajstić information content (AvgIpc) is 2.82. The Labute approximate surface area is 115 Å². The maximum Gasteiger partial charge on any atom is 0.348 e. The van der Waals surface area contributed by atoms with Crippen molar-refractivity contribution in [3.05, 3.63) is 34.4 Å². The summed E-state index contributed by atoms with van der Waals surface area (Å²) >= 11 is 1.24. The number of carboxylic acids is 1. The molecule has 0 radical (unpaired) electrons. The number of carboxylic acid groups (broad SMARTS) is 1. The standard InChI is InChI=1S/C13H15N3O2S/c1-16(2)7-5-10-15-11(12(19-10)13(17)18)9-4-3-6-14-8-9/h3-4,6,8H,5,7H2,1-2H3,(H,17,18). The Balaban J connectivity index is 2.34. The molecule has 0 aliphatic carbocycles. The Morgan fingerprint density at radius 1 is 1.47 bits per heavy atom. The van der Waals surface area contributed by atoms with Crippen molar-refractivity contribution >= 4 is 17.3 Å². The molecule has 5 nitrogen and oxygen atoms in total. The number of aromatic carboxylic acids is 1. The highest BCUT2D eigenvalue weighted by Gasteiger charge is 2.18. The van der Waals surface area contributed by atoms with Crippen LogP contribution >= 0.6 is 11.3 Å². The van der Waals surface area contributed by atoms with Crippen LogP contribution in [0.4, 0.5) is 0 Å². The molecule has 0 fully saturated rings. The van der Waals surface area contributed by atoms with E-state index in [0.717, 1.165) is 23.5 Å². The van der Waals surface area contributed by atoms with Crippen molar-refractivity contribution in [2.24, 2.45) is 0 Å². The van der Waals surface area contributed by atoms with Gasteiger partial charge in [-0.05, 0) is 26.2 Å². The molecule has 0 bridgehead atoms. The van der Waals surface area contributed by atoms with Gasteiger partial charge in [-0.2, -0.15) is 0 Å². The van der Waals surface area contributed by atoms with E-state index >= 15 is 0 Å². The molecule has 1 N–H and O–H groups in total. The molecule has 6 heteroatoms. The Morgan fingerprint density at radius 3 is 2.84 bits per heavy atom. The molecule has 2 aromatic heterocycles. The molecule has 0 aliphatic heterocycles. The summed E-state index contributed by atoms with van der Waals surface area (Å²) in [6.07, 6.45) is 4.04. The fourth-order valence-corrected chi connectivity index (χ4v) is 2.55. The quantitative estimate of drug-likeness (QED) is 0.905. The summed E-state index contributed by atoms with van der Waals surface area (Å²) < 4.78 is 0. The molecule has 0 aliphatic rings. The summed E-state index contributed by atoms with van der Waals surface area (Å²) in [4.78, 5) is 22.1. The second-order valence-electron chi connectivity index (χ2n) is 4.39. The summed E-state index contributed by atoms with van der Waals surface area (Å²) in [6, 6.07) is 3.60. The van der Waals surface area contributed by atoms with E-state index in [0.29, 0.717) is 5.69 Å². The van der Waals surface area contributed by atoms with E-state index in [2.05, 4.69) is 9.97 Å². The van der Waals surface area contributed by atoms with Gasteiger partial charge < -0.3 is 10.0 Å². The summed E-state index contributed by atoms with van der Waals surface area (Å²) in [7, 11) is 3.96. The molecule has 0 unspecified atom stereocenters. The SMILES string of the molecule is CN(C)CCc1nc(-c2cccnc2)c(C(=O)O)s1. The van der Waals surface area contributed by atoms with Gasteiger partial charge in [0.2, 0.25) is 0 Å². The minimum atomic E-state index is -0.938. The van der Waals surface area contributed by atoms with E-state index < -0.39 is 5.97 Å². The van der Waals surface area contributed by atoms with Gasteiger partial charge in [0.25, 0.3) is 0 Å². The summed E-state index contributed by atoms with van der Waals surface area (Å²) in [5.74, 6) is -0.938. The van der Waals surface area contributed by atoms with E-state index in [-0.39, 0.29) is 4.88 Å². The highest BCUT2D eigenvalue weighted by Crippen LogP contribution is 2.28. The fraction of sp³-hybridized carbons (Fsp3) is 0.308. The summed E-state index contributed by atoms with van der Waals surface area (Å²) in [6.45, 7) is 0.846. The molecule has 0 saturated carbocycles. The Hall–Kier alpha value is -1.79. The van der Waals surface area contributed by atoms with Crippen LogP contribution in [0.1, 0.15) is 14.7 Å². The van der Waals surface area contributed by atoms with Gasteiger partial charge >= 0.3 is 5.97 Å². The zero-order valence-corrected chi connectivity index (χ0v) is 11.6. The van der Waals surface area contributed by atoms with E-state index in [9.17, 15) is 9.90 Å². The van der Waals surface area contributed by atoms with Gasteiger partial charge in [0, 0.05) is 30.9 Å². The van der Waals surface area contributed by atoms with Crippen LogP contribution in [-0.4, -0.2) is 46.6 Å².